The van der Waals surface area contributed by atoms with Gasteiger partial charge in [0.25, 0.3) is 0 Å². The Kier molecular flexibility index (Phi) is 3.32. The number of nitrogens with zero attached hydrogens (tertiary/aromatic N) is 1. The van der Waals surface area contributed by atoms with E-state index in [1.54, 1.807) is 0 Å². The summed E-state index contributed by atoms with van der Waals surface area (Å²) in [5.41, 5.74) is 6.13. The lowest BCUT2D eigenvalue weighted by atomic mass is 9.96. The summed E-state index contributed by atoms with van der Waals surface area (Å²) < 4.78 is 1.24. The summed E-state index contributed by atoms with van der Waals surface area (Å²) in [5, 5.41) is 0. The number of piperidine rings is 1. The van der Waals surface area contributed by atoms with Gasteiger partial charge in [0.1, 0.15) is 0 Å². The molecule has 2 saturated heterocycles. The summed E-state index contributed by atoms with van der Waals surface area (Å²) in [6, 6.07) is 6.85. The van der Waals surface area contributed by atoms with E-state index in [2.05, 4.69) is 39.9 Å². The fourth-order valence-electron chi connectivity index (χ4n) is 3.59. The Morgan fingerprint density at radius 1 is 1.35 bits per heavy atom. The molecule has 1 aromatic rings. The molecular formula is C13H19BrN2S. The molecule has 2 aliphatic rings. The molecule has 0 radical (unpaired) electrons. The van der Waals surface area contributed by atoms with Gasteiger partial charge in [0.2, 0.25) is 0 Å². The second-order valence-electron chi connectivity index (χ2n) is 5.38. The lowest BCUT2D eigenvalue weighted by Crippen LogP contribution is -2.48. The molecule has 4 heteroatoms. The van der Waals surface area contributed by atoms with Gasteiger partial charge in [-0.05, 0) is 60.7 Å². The van der Waals surface area contributed by atoms with Crippen LogP contribution in [0.3, 0.4) is 0 Å². The number of halogens is 1. The number of nitrogens with two attached hydrogens (primary N) is 1. The molecule has 1 aromatic heterocycles. The molecule has 2 fully saturated rings. The maximum atomic E-state index is 6.13. The largest absolute Gasteiger partial charge is 0.328 e. The third kappa shape index (κ3) is 2.21. The van der Waals surface area contributed by atoms with E-state index in [1.807, 2.05) is 11.3 Å². The molecule has 3 atom stereocenters. The van der Waals surface area contributed by atoms with Crippen LogP contribution in [-0.2, 0) is 0 Å². The van der Waals surface area contributed by atoms with Gasteiger partial charge in [-0.3, -0.25) is 4.90 Å². The van der Waals surface area contributed by atoms with Crippen LogP contribution in [-0.4, -0.2) is 23.0 Å². The molecule has 2 N–H and O–H groups in total. The fourth-order valence-corrected chi connectivity index (χ4v) is 5.07. The molecule has 2 bridgehead atoms. The summed E-state index contributed by atoms with van der Waals surface area (Å²) in [4.78, 5) is 4.20. The number of hydrogen-bond donors (Lipinski definition) is 1. The zero-order valence-electron chi connectivity index (χ0n) is 10.1. The first-order valence-corrected chi connectivity index (χ1v) is 8.04. The third-order valence-electron chi connectivity index (χ3n) is 4.28. The highest BCUT2D eigenvalue weighted by atomic mass is 79.9. The normalized spacial score (nSPS) is 35.1. The van der Waals surface area contributed by atoms with Crippen LogP contribution in [0.4, 0.5) is 0 Å². The van der Waals surface area contributed by atoms with E-state index >= 15 is 0 Å². The zero-order valence-corrected chi connectivity index (χ0v) is 12.5. The Morgan fingerprint density at radius 3 is 2.53 bits per heavy atom. The monoisotopic (exact) mass is 314 g/mol. The molecular weight excluding hydrogens is 296 g/mol. The fraction of sp³-hybridized carbons (Fsp3) is 0.692. The van der Waals surface area contributed by atoms with Gasteiger partial charge < -0.3 is 5.73 Å². The third-order valence-corrected chi connectivity index (χ3v) is 6.07. The summed E-state index contributed by atoms with van der Waals surface area (Å²) in [7, 11) is 0. The molecule has 0 saturated carbocycles. The summed E-state index contributed by atoms with van der Waals surface area (Å²) in [6.45, 7) is 2.35. The molecule has 0 aromatic carbocycles. The van der Waals surface area contributed by atoms with E-state index in [9.17, 15) is 0 Å². The van der Waals surface area contributed by atoms with E-state index in [1.165, 1.54) is 34.3 Å². The second-order valence-corrected chi connectivity index (χ2v) is 7.88. The molecule has 2 nitrogen and oxygen atoms in total. The van der Waals surface area contributed by atoms with Gasteiger partial charge in [0, 0.05) is 29.0 Å². The quantitative estimate of drug-likeness (QED) is 0.905. The molecule has 94 valence electrons. The second kappa shape index (κ2) is 4.65. The minimum Gasteiger partial charge on any atom is -0.328 e. The Bertz CT molecular complexity index is 392. The Labute approximate surface area is 115 Å². The Morgan fingerprint density at radius 2 is 2.00 bits per heavy atom. The molecule has 17 heavy (non-hydrogen) atoms. The smallest absolute Gasteiger partial charge is 0.0701 e. The van der Waals surface area contributed by atoms with Crippen molar-refractivity contribution in [3.8, 4) is 0 Å². The average Bonchev–Trinajstić information content (AvgIpc) is 2.81. The predicted octanol–water partition coefficient (Wildman–Crippen LogP) is 3.53. The van der Waals surface area contributed by atoms with Gasteiger partial charge in [-0.25, -0.2) is 0 Å². The van der Waals surface area contributed by atoms with E-state index in [-0.39, 0.29) is 0 Å². The highest BCUT2D eigenvalue weighted by Gasteiger charge is 2.42. The molecule has 3 rings (SSSR count). The minimum atomic E-state index is 0.436. The van der Waals surface area contributed by atoms with Gasteiger partial charge in [0.05, 0.1) is 3.79 Å². The maximum absolute atomic E-state index is 6.13. The number of rotatable bonds is 2. The van der Waals surface area contributed by atoms with Crippen molar-refractivity contribution in [2.45, 2.75) is 56.8 Å². The van der Waals surface area contributed by atoms with Crippen molar-refractivity contribution >= 4 is 27.3 Å². The van der Waals surface area contributed by atoms with Crippen LogP contribution in [0, 0.1) is 0 Å². The van der Waals surface area contributed by atoms with E-state index < -0.39 is 0 Å². The molecule has 2 aliphatic heterocycles. The van der Waals surface area contributed by atoms with Crippen LogP contribution in [0.1, 0.15) is 43.5 Å². The summed E-state index contributed by atoms with van der Waals surface area (Å²) >= 11 is 5.43. The summed E-state index contributed by atoms with van der Waals surface area (Å²) in [5.74, 6) is 0. The van der Waals surface area contributed by atoms with Crippen molar-refractivity contribution in [2.75, 3.05) is 0 Å². The molecule has 3 unspecified atom stereocenters. The van der Waals surface area contributed by atoms with Gasteiger partial charge in [-0.15, -0.1) is 11.3 Å². The standard InChI is InChI=1S/C13H19BrN2S/c1-8(12-4-5-13(14)17-12)16-10-2-3-11(16)7-9(15)6-10/h4-5,8-11H,2-3,6-7,15H2,1H3. The van der Waals surface area contributed by atoms with Crippen LogP contribution >= 0.6 is 27.3 Å². The molecule has 0 aliphatic carbocycles. The average molecular weight is 315 g/mol. The van der Waals surface area contributed by atoms with E-state index in [4.69, 9.17) is 5.73 Å². The van der Waals surface area contributed by atoms with Crippen molar-refractivity contribution in [3.05, 3.63) is 20.8 Å². The molecule has 0 spiro atoms. The molecule has 3 heterocycles. The number of hydrogen-bond acceptors (Lipinski definition) is 3. The lowest BCUT2D eigenvalue weighted by molar-refractivity contribution is 0.0870. The first-order valence-electron chi connectivity index (χ1n) is 6.43. The number of thiophene rings is 1. The van der Waals surface area contributed by atoms with Crippen molar-refractivity contribution in [2.24, 2.45) is 5.73 Å². The first-order chi connectivity index (χ1) is 8.15. The highest BCUT2D eigenvalue weighted by Crippen LogP contribution is 2.42. The topological polar surface area (TPSA) is 29.3 Å². The Hall–Kier alpha value is 0.1000. The minimum absolute atomic E-state index is 0.436. The summed E-state index contributed by atoms with van der Waals surface area (Å²) in [6.07, 6.45) is 5.06. The zero-order chi connectivity index (χ0) is 12.0. The maximum Gasteiger partial charge on any atom is 0.0701 e. The number of fused-ring (bicyclic) bond motifs is 2. The van der Waals surface area contributed by atoms with Crippen molar-refractivity contribution in [3.63, 3.8) is 0 Å². The predicted molar refractivity (Wildman–Crippen MR) is 76.3 cm³/mol. The first kappa shape index (κ1) is 12.2. The van der Waals surface area contributed by atoms with Crippen molar-refractivity contribution in [1.82, 2.24) is 4.90 Å². The SMILES string of the molecule is CC(c1ccc(Br)s1)N1C2CCC1CC(N)C2. The van der Waals surface area contributed by atoms with Crippen molar-refractivity contribution in [1.29, 1.82) is 0 Å². The van der Waals surface area contributed by atoms with Crippen LogP contribution in [0.2, 0.25) is 0 Å². The lowest BCUT2D eigenvalue weighted by Gasteiger charge is -2.41. The van der Waals surface area contributed by atoms with E-state index in [0.717, 1.165) is 12.1 Å². The van der Waals surface area contributed by atoms with Crippen LogP contribution in [0.5, 0.6) is 0 Å². The Balaban J connectivity index is 1.81. The highest BCUT2D eigenvalue weighted by molar-refractivity contribution is 9.11. The van der Waals surface area contributed by atoms with Gasteiger partial charge in [0.15, 0.2) is 0 Å². The molecule has 0 amide bonds. The van der Waals surface area contributed by atoms with Crippen LogP contribution < -0.4 is 5.73 Å². The van der Waals surface area contributed by atoms with Gasteiger partial charge in [-0.1, -0.05) is 0 Å². The van der Waals surface area contributed by atoms with Crippen molar-refractivity contribution < 1.29 is 0 Å². The van der Waals surface area contributed by atoms with Crippen LogP contribution in [0.15, 0.2) is 15.9 Å². The van der Waals surface area contributed by atoms with Crippen LogP contribution in [0.25, 0.3) is 0 Å². The van der Waals surface area contributed by atoms with E-state index in [0.29, 0.717) is 12.1 Å². The van der Waals surface area contributed by atoms with Gasteiger partial charge in [-0.2, -0.15) is 0 Å². The van der Waals surface area contributed by atoms with Gasteiger partial charge >= 0.3 is 0 Å².